The number of nitrogens with one attached hydrogen (secondary N) is 1. The van der Waals surface area contributed by atoms with Gasteiger partial charge in [0, 0.05) is 25.8 Å². The van der Waals surface area contributed by atoms with Gasteiger partial charge in [0.1, 0.15) is 5.69 Å². The lowest BCUT2D eigenvalue weighted by Gasteiger charge is -2.29. The molecule has 0 atom stereocenters. The molecule has 0 saturated heterocycles. The second-order valence-corrected chi connectivity index (χ2v) is 6.30. The Bertz CT molecular complexity index is 452. The Balaban J connectivity index is 2.89. The van der Waals surface area contributed by atoms with Crippen LogP contribution in [0.3, 0.4) is 0 Å². The van der Waals surface area contributed by atoms with Crippen molar-refractivity contribution < 1.29 is 4.79 Å². The van der Waals surface area contributed by atoms with E-state index in [2.05, 4.69) is 38.0 Å². The second-order valence-electron chi connectivity index (χ2n) is 6.30. The van der Waals surface area contributed by atoms with Crippen LogP contribution in [0.25, 0.3) is 0 Å². The number of amides is 1. The average Bonchev–Trinajstić information content (AvgIpc) is 2.47. The van der Waals surface area contributed by atoms with Crippen molar-refractivity contribution in [2.75, 3.05) is 26.7 Å². The Kier molecular flexibility index (Phi) is 6.34. The summed E-state index contributed by atoms with van der Waals surface area (Å²) in [5, 5.41) is 3.07. The maximum Gasteiger partial charge on any atom is 0.272 e. The Hall–Kier alpha value is -1.42. The molecule has 21 heavy (non-hydrogen) atoms. The van der Waals surface area contributed by atoms with E-state index in [1.54, 1.807) is 0 Å². The molecule has 118 valence electrons. The van der Waals surface area contributed by atoms with E-state index in [0.29, 0.717) is 24.7 Å². The van der Waals surface area contributed by atoms with Gasteiger partial charge in [0.05, 0.1) is 0 Å². The lowest BCUT2D eigenvalue weighted by atomic mass is 9.76. The fourth-order valence-electron chi connectivity index (χ4n) is 2.05. The predicted octanol–water partition coefficient (Wildman–Crippen LogP) is 2.70. The summed E-state index contributed by atoms with van der Waals surface area (Å²) in [5.41, 5.74) is 1.76. The van der Waals surface area contributed by atoms with Crippen molar-refractivity contribution >= 4 is 5.91 Å². The molecule has 4 heteroatoms. The van der Waals surface area contributed by atoms with Crippen LogP contribution in [0.5, 0.6) is 0 Å². The SMILES string of the molecule is CCN(CCNC)C(=O)c1ccc(C(C)(C)C(C)C)cn1. The fraction of sp³-hybridized carbons (Fsp3) is 0.647. The van der Waals surface area contributed by atoms with Gasteiger partial charge in [-0.1, -0.05) is 33.8 Å². The monoisotopic (exact) mass is 291 g/mol. The second kappa shape index (κ2) is 7.55. The summed E-state index contributed by atoms with van der Waals surface area (Å²) in [6.45, 7) is 13.0. The average molecular weight is 291 g/mol. The first-order chi connectivity index (χ1) is 9.84. The lowest BCUT2D eigenvalue weighted by Crippen LogP contribution is -2.36. The van der Waals surface area contributed by atoms with E-state index in [4.69, 9.17) is 0 Å². The van der Waals surface area contributed by atoms with Crippen molar-refractivity contribution in [3.8, 4) is 0 Å². The molecule has 1 rings (SSSR count). The van der Waals surface area contributed by atoms with Gasteiger partial charge >= 0.3 is 0 Å². The zero-order chi connectivity index (χ0) is 16.0. The molecule has 0 aliphatic carbocycles. The van der Waals surface area contributed by atoms with Crippen molar-refractivity contribution in [1.29, 1.82) is 0 Å². The molecule has 1 aromatic heterocycles. The summed E-state index contributed by atoms with van der Waals surface area (Å²) in [4.78, 5) is 18.6. The number of likely N-dealkylation sites (N-methyl/N-ethyl adjacent to an activating group) is 2. The van der Waals surface area contributed by atoms with Gasteiger partial charge in [0.2, 0.25) is 0 Å². The van der Waals surface area contributed by atoms with Crippen molar-refractivity contribution in [2.24, 2.45) is 5.92 Å². The van der Waals surface area contributed by atoms with Crippen LogP contribution in [0.4, 0.5) is 0 Å². The third-order valence-electron chi connectivity index (χ3n) is 4.47. The van der Waals surface area contributed by atoms with Crippen molar-refractivity contribution in [2.45, 2.75) is 40.0 Å². The van der Waals surface area contributed by atoms with Gasteiger partial charge in [-0.3, -0.25) is 9.78 Å². The quantitative estimate of drug-likeness (QED) is 0.840. The van der Waals surface area contributed by atoms with Gasteiger partial charge < -0.3 is 10.2 Å². The van der Waals surface area contributed by atoms with Crippen LogP contribution >= 0.6 is 0 Å². The van der Waals surface area contributed by atoms with Crippen molar-refractivity contribution in [3.05, 3.63) is 29.6 Å². The third-order valence-corrected chi connectivity index (χ3v) is 4.47. The van der Waals surface area contributed by atoms with Crippen molar-refractivity contribution in [1.82, 2.24) is 15.2 Å². The highest BCUT2D eigenvalue weighted by atomic mass is 16.2. The van der Waals surface area contributed by atoms with E-state index in [-0.39, 0.29) is 11.3 Å². The minimum absolute atomic E-state index is 0.00153. The fourth-order valence-corrected chi connectivity index (χ4v) is 2.05. The van der Waals surface area contributed by atoms with Gasteiger partial charge in [-0.15, -0.1) is 0 Å². The first-order valence-electron chi connectivity index (χ1n) is 7.75. The normalized spacial score (nSPS) is 11.8. The van der Waals surface area contributed by atoms with Crippen molar-refractivity contribution in [3.63, 3.8) is 0 Å². The molecule has 0 aliphatic rings. The summed E-state index contributed by atoms with van der Waals surface area (Å²) in [7, 11) is 1.89. The number of hydrogen-bond acceptors (Lipinski definition) is 3. The van der Waals surface area contributed by atoms with E-state index in [1.165, 1.54) is 5.56 Å². The van der Waals surface area contributed by atoms with Crippen LogP contribution in [0.1, 0.15) is 50.7 Å². The smallest absolute Gasteiger partial charge is 0.272 e. The van der Waals surface area contributed by atoms with Gasteiger partial charge in [0.25, 0.3) is 5.91 Å². The molecule has 0 spiro atoms. The number of pyridine rings is 1. The molecule has 1 N–H and O–H groups in total. The lowest BCUT2D eigenvalue weighted by molar-refractivity contribution is 0.0760. The number of rotatable bonds is 7. The highest BCUT2D eigenvalue weighted by Crippen LogP contribution is 2.30. The van der Waals surface area contributed by atoms with E-state index in [0.717, 1.165) is 6.54 Å². The van der Waals surface area contributed by atoms with E-state index in [1.807, 2.05) is 37.2 Å². The number of carbonyl (C=O) groups is 1. The molecule has 0 bridgehead atoms. The molecule has 0 aromatic carbocycles. The summed E-state index contributed by atoms with van der Waals surface area (Å²) in [6.07, 6.45) is 1.85. The maximum absolute atomic E-state index is 12.4. The summed E-state index contributed by atoms with van der Waals surface area (Å²) in [6, 6.07) is 3.88. The number of carbonyl (C=O) groups excluding carboxylic acids is 1. The topological polar surface area (TPSA) is 45.2 Å². The first kappa shape index (κ1) is 17.6. The molecule has 0 fully saturated rings. The maximum atomic E-state index is 12.4. The minimum atomic E-state index is 0.00153. The first-order valence-corrected chi connectivity index (χ1v) is 7.75. The molecular formula is C17H29N3O. The van der Waals surface area contributed by atoms with Crippen LogP contribution in [0.15, 0.2) is 18.3 Å². The van der Waals surface area contributed by atoms with E-state index in [9.17, 15) is 4.79 Å². The molecule has 1 aromatic rings. The third kappa shape index (κ3) is 4.27. The molecule has 0 unspecified atom stereocenters. The highest BCUT2D eigenvalue weighted by Gasteiger charge is 2.25. The molecule has 0 saturated carbocycles. The number of hydrogen-bond donors (Lipinski definition) is 1. The molecule has 0 radical (unpaired) electrons. The summed E-state index contributed by atoms with van der Waals surface area (Å²) >= 11 is 0. The molecule has 0 aliphatic heterocycles. The Morgan fingerprint density at radius 3 is 2.48 bits per heavy atom. The van der Waals surface area contributed by atoms with Crippen LogP contribution in [0, 0.1) is 5.92 Å². The zero-order valence-corrected chi connectivity index (χ0v) is 14.2. The molecular weight excluding hydrogens is 262 g/mol. The van der Waals surface area contributed by atoms with E-state index >= 15 is 0 Å². The summed E-state index contributed by atoms with van der Waals surface area (Å²) in [5.74, 6) is 0.519. The predicted molar refractivity (Wildman–Crippen MR) is 87.6 cm³/mol. The molecule has 1 heterocycles. The molecule has 4 nitrogen and oxygen atoms in total. The standard InChI is InChI=1S/C17H29N3O/c1-7-20(11-10-18-6)16(21)15-9-8-14(12-19-15)17(4,5)13(2)3/h8-9,12-13,18H,7,10-11H2,1-6H3. The largest absolute Gasteiger partial charge is 0.336 e. The zero-order valence-electron chi connectivity index (χ0n) is 14.2. The van der Waals surface area contributed by atoms with Gasteiger partial charge in [-0.05, 0) is 36.9 Å². The number of nitrogens with zero attached hydrogens (tertiary/aromatic N) is 2. The van der Waals surface area contributed by atoms with Crippen LogP contribution in [-0.2, 0) is 5.41 Å². The Morgan fingerprint density at radius 2 is 2.05 bits per heavy atom. The minimum Gasteiger partial charge on any atom is -0.336 e. The van der Waals surface area contributed by atoms with Gasteiger partial charge in [-0.2, -0.15) is 0 Å². The van der Waals surface area contributed by atoms with Gasteiger partial charge in [-0.25, -0.2) is 0 Å². The Labute approximate surface area is 129 Å². The van der Waals surface area contributed by atoms with Crippen LogP contribution < -0.4 is 5.32 Å². The van der Waals surface area contributed by atoms with Gasteiger partial charge in [0.15, 0.2) is 0 Å². The van der Waals surface area contributed by atoms with E-state index < -0.39 is 0 Å². The van der Waals surface area contributed by atoms with Crippen LogP contribution in [-0.4, -0.2) is 42.5 Å². The highest BCUT2D eigenvalue weighted by molar-refractivity contribution is 5.92. The Morgan fingerprint density at radius 1 is 1.38 bits per heavy atom. The number of aromatic nitrogens is 1. The molecule has 1 amide bonds. The van der Waals surface area contributed by atoms with Crippen LogP contribution in [0.2, 0.25) is 0 Å². The summed E-state index contributed by atoms with van der Waals surface area (Å²) < 4.78 is 0.